The topological polar surface area (TPSA) is 51.0 Å². The molecule has 0 saturated heterocycles. The average molecular weight is 267 g/mol. The van der Waals surface area contributed by atoms with Crippen molar-refractivity contribution in [3.8, 4) is 0 Å². The predicted molar refractivity (Wildman–Crippen MR) is 78.3 cm³/mol. The first-order valence-corrected chi connectivity index (χ1v) is 7.73. The third kappa shape index (κ3) is 6.19. The van der Waals surface area contributed by atoms with E-state index in [2.05, 4.69) is 43.2 Å². The smallest absolute Gasteiger partial charge is 0.219 e. The largest absolute Gasteiger partial charge is 0.425 e. The minimum Gasteiger partial charge on any atom is -0.425 e. The van der Waals surface area contributed by atoms with E-state index in [-0.39, 0.29) is 0 Å². The summed E-state index contributed by atoms with van der Waals surface area (Å²) in [6.07, 6.45) is 6.61. The molecular weight excluding hydrogens is 238 g/mol. The van der Waals surface area contributed by atoms with Crippen LogP contribution in [0, 0.1) is 0 Å². The molecule has 0 aliphatic carbocycles. The number of aromatic nitrogens is 2. The van der Waals surface area contributed by atoms with Crippen LogP contribution < -0.4 is 5.32 Å². The van der Waals surface area contributed by atoms with Crippen molar-refractivity contribution >= 4 is 0 Å². The molecule has 1 rings (SSSR count). The lowest BCUT2D eigenvalue weighted by atomic mass is 10.00. The molecule has 0 saturated carbocycles. The molecule has 110 valence electrons. The second-order valence-electron chi connectivity index (χ2n) is 5.49. The van der Waals surface area contributed by atoms with Crippen LogP contribution >= 0.6 is 0 Å². The molecule has 0 radical (unpaired) electrons. The van der Waals surface area contributed by atoms with Crippen LogP contribution in [0.3, 0.4) is 0 Å². The highest BCUT2D eigenvalue weighted by molar-refractivity contribution is 4.91. The molecule has 1 unspecified atom stereocenters. The van der Waals surface area contributed by atoms with Gasteiger partial charge in [-0.3, -0.25) is 0 Å². The molecule has 4 nitrogen and oxygen atoms in total. The van der Waals surface area contributed by atoms with Gasteiger partial charge in [0.2, 0.25) is 11.8 Å². The molecule has 1 N–H and O–H groups in total. The van der Waals surface area contributed by atoms with Gasteiger partial charge in [0.1, 0.15) is 0 Å². The van der Waals surface area contributed by atoms with Crippen LogP contribution in [-0.2, 0) is 6.42 Å². The van der Waals surface area contributed by atoms with Gasteiger partial charge in [0.15, 0.2) is 0 Å². The highest BCUT2D eigenvalue weighted by Gasteiger charge is 2.16. The van der Waals surface area contributed by atoms with Crippen molar-refractivity contribution in [3.05, 3.63) is 11.8 Å². The van der Waals surface area contributed by atoms with E-state index in [4.69, 9.17) is 4.42 Å². The Bertz CT molecular complexity index is 336. The molecule has 0 bridgehead atoms. The van der Waals surface area contributed by atoms with Crippen molar-refractivity contribution in [2.45, 2.75) is 78.2 Å². The van der Waals surface area contributed by atoms with Gasteiger partial charge >= 0.3 is 0 Å². The van der Waals surface area contributed by atoms with E-state index in [0.717, 1.165) is 44.0 Å². The Balaban J connectivity index is 2.37. The van der Waals surface area contributed by atoms with Gasteiger partial charge in [0, 0.05) is 18.4 Å². The second-order valence-corrected chi connectivity index (χ2v) is 5.49. The van der Waals surface area contributed by atoms with Crippen molar-refractivity contribution in [3.63, 3.8) is 0 Å². The zero-order valence-electron chi connectivity index (χ0n) is 12.9. The van der Waals surface area contributed by atoms with Crippen LogP contribution in [0.1, 0.15) is 77.5 Å². The lowest BCUT2D eigenvalue weighted by Crippen LogP contribution is -2.23. The van der Waals surface area contributed by atoms with Crippen LogP contribution in [0.15, 0.2) is 4.42 Å². The normalized spacial score (nSPS) is 13.1. The van der Waals surface area contributed by atoms with Gasteiger partial charge in [0.05, 0.1) is 0 Å². The molecule has 19 heavy (non-hydrogen) atoms. The minimum absolute atomic E-state index is 0.440. The van der Waals surface area contributed by atoms with Crippen molar-refractivity contribution in [2.24, 2.45) is 0 Å². The zero-order chi connectivity index (χ0) is 14.1. The van der Waals surface area contributed by atoms with Gasteiger partial charge in [-0.25, -0.2) is 0 Å². The number of nitrogens with zero attached hydrogens (tertiary/aromatic N) is 2. The summed E-state index contributed by atoms with van der Waals surface area (Å²) in [5.41, 5.74) is 0. The number of nitrogens with one attached hydrogen (secondary N) is 1. The lowest BCUT2D eigenvalue weighted by molar-refractivity contribution is 0.389. The van der Waals surface area contributed by atoms with E-state index in [1.54, 1.807) is 0 Å². The highest BCUT2D eigenvalue weighted by atomic mass is 16.4. The van der Waals surface area contributed by atoms with Gasteiger partial charge in [-0.2, -0.15) is 0 Å². The summed E-state index contributed by atoms with van der Waals surface area (Å²) in [5.74, 6) is 2.06. The number of hydrogen-bond donors (Lipinski definition) is 1. The first-order valence-electron chi connectivity index (χ1n) is 7.73. The van der Waals surface area contributed by atoms with E-state index in [1.165, 1.54) is 12.8 Å². The summed E-state index contributed by atoms with van der Waals surface area (Å²) in [5, 5.41) is 11.8. The fraction of sp³-hybridized carbons (Fsp3) is 0.867. The molecule has 0 spiro atoms. The average Bonchev–Trinajstić information content (AvgIpc) is 2.84. The summed E-state index contributed by atoms with van der Waals surface area (Å²) < 4.78 is 5.79. The maximum atomic E-state index is 5.79. The van der Waals surface area contributed by atoms with Gasteiger partial charge in [-0.1, -0.05) is 40.5 Å². The van der Waals surface area contributed by atoms with Gasteiger partial charge in [0.25, 0.3) is 0 Å². The quantitative estimate of drug-likeness (QED) is 0.657. The molecule has 0 aromatic carbocycles. The molecule has 1 aromatic heterocycles. The molecule has 0 aliphatic heterocycles. The maximum absolute atomic E-state index is 5.79. The van der Waals surface area contributed by atoms with Gasteiger partial charge in [-0.05, 0) is 25.8 Å². The lowest BCUT2D eigenvalue weighted by Gasteiger charge is -2.08. The molecule has 0 amide bonds. The van der Waals surface area contributed by atoms with Crippen molar-refractivity contribution in [1.29, 1.82) is 0 Å². The van der Waals surface area contributed by atoms with E-state index < -0.39 is 0 Å². The van der Waals surface area contributed by atoms with E-state index in [1.807, 2.05) is 0 Å². The van der Waals surface area contributed by atoms with Crippen molar-refractivity contribution in [2.75, 3.05) is 6.54 Å². The number of aryl methyl sites for hydroxylation is 1. The third-order valence-electron chi connectivity index (χ3n) is 3.35. The third-order valence-corrected chi connectivity index (χ3v) is 3.35. The van der Waals surface area contributed by atoms with E-state index >= 15 is 0 Å². The summed E-state index contributed by atoms with van der Waals surface area (Å²) in [6, 6.07) is 0.539. The van der Waals surface area contributed by atoms with Crippen LogP contribution in [-0.4, -0.2) is 22.8 Å². The number of rotatable bonds is 10. The van der Waals surface area contributed by atoms with Gasteiger partial charge in [-0.15, -0.1) is 10.2 Å². The SMILES string of the molecule is CCCCC(CC)c1nnc(CCCNC(C)C)o1. The molecule has 1 heterocycles. The van der Waals surface area contributed by atoms with Gasteiger partial charge < -0.3 is 9.73 Å². The maximum Gasteiger partial charge on any atom is 0.219 e. The Kier molecular flexibility index (Phi) is 7.72. The van der Waals surface area contributed by atoms with Crippen molar-refractivity contribution < 1.29 is 4.42 Å². The summed E-state index contributed by atoms with van der Waals surface area (Å²) in [6.45, 7) is 9.72. The van der Waals surface area contributed by atoms with Crippen LogP contribution in [0.4, 0.5) is 0 Å². The van der Waals surface area contributed by atoms with Crippen LogP contribution in [0.2, 0.25) is 0 Å². The summed E-state index contributed by atoms with van der Waals surface area (Å²) in [4.78, 5) is 0. The Labute approximate surface area is 117 Å². The first kappa shape index (κ1) is 16.2. The minimum atomic E-state index is 0.440. The monoisotopic (exact) mass is 267 g/mol. The fourth-order valence-electron chi connectivity index (χ4n) is 2.12. The number of unbranched alkanes of at least 4 members (excludes halogenated alkanes) is 1. The molecule has 1 atom stereocenters. The Hall–Kier alpha value is -0.900. The van der Waals surface area contributed by atoms with E-state index in [9.17, 15) is 0 Å². The first-order chi connectivity index (χ1) is 9.17. The number of hydrogen-bond acceptors (Lipinski definition) is 4. The molecule has 1 aromatic rings. The summed E-state index contributed by atoms with van der Waals surface area (Å²) >= 11 is 0. The molecule has 0 fully saturated rings. The Morgan fingerprint density at radius 3 is 2.58 bits per heavy atom. The van der Waals surface area contributed by atoms with Crippen LogP contribution in [0.5, 0.6) is 0 Å². The zero-order valence-corrected chi connectivity index (χ0v) is 12.9. The van der Waals surface area contributed by atoms with Crippen LogP contribution in [0.25, 0.3) is 0 Å². The summed E-state index contributed by atoms with van der Waals surface area (Å²) in [7, 11) is 0. The standard InChI is InChI=1S/C15H29N3O/c1-5-7-9-13(6-2)15-18-17-14(19-15)10-8-11-16-12(3)4/h12-13,16H,5-11H2,1-4H3. The Morgan fingerprint density at radius 2 is 1.95 bits per heavy atom. The fourth-order valence-corrected chi connectivity index (χ4v) is 2.12. The molecular formula is C15H29N3O. The Morgan fingerprint density at radius 1 is 1.16 bits per heavy atom. The van der Waals surface area contributed by atoms with E-state index in [0.29, 0.717) is 12.0 Å². The molecule has 4 heteroatoms. The predicted octanol–water partition coefficient (Wildman–Crippen LogP) is 3.68. The van der Waals surface area contributed by atoms with Crippen molar-refractivity contribution in [1.82, 2.24) is 15.5 Å². The second kappa shape index (κ2) is 9.08. The highest BCUT2D eigenvalue weighted by Crippen LogP contribution is 2.24. The molecule has 0 aliphatic rings.